The number of aromatic nitrogens is 3. The van der Waals surface area contributed by atoms with Gasteiger partial charge in [0.1, 0.15) is 5.75 Å². The Labute approximate surface area is 133 Å². The first-order valence-corrected chi connectivity index (χ1v) is 7.02. The zero-order valence-corrected chi connectivity index (χ0v) is 12.4. The maximum atomic E-state index is 12.6. The summed E-state index contributed by atoms with van der Waals surface area (Å²) in [6.07, 6.45) is -3.53. The third kappa shape index (κ3) is 3.26. The van der Waals surface area contributed by atoms with Crippen LogP contribution in [0.1, 0.15) is 25.8 Å². The number of ether oxygens (including phenoxy) is 1. The van der Waals surface area contributed by atoms with Crippen molar-refractivity contribution in [3.63, 3.8) is 0 Å². The van der Waals surface area contributed by atoms with E-state index >= 15 is 0 Å². The molecule has 1 aromatic heterocycles. The molecule has 3 rings (SSSR count). The summed E-state index contributed by atoms with van der Waals surface area (Å²) in [5, 5.41) is 3.85. The molecule has 1 heterocycles. The van der Waals surface area contributed by atoms with E-state index in [1.165, 1.54) is 22.8 Å². The molecule has 10 heteroatoms. The van der Waals surface area contributed by atoms with E-state index in [1.54, 1.807) is 0 Å². The Kier molecular flexibility index (Phi) is 3.82. The van der Waals surface area contributed by atoms with E-state index in [1.807, 2.05) is 0 Å². The number of benzene rings is 1. The van der Waals surface area contributed by atoms with Gasteiger partial charge in [-0.25, -0.2) is 9.59 Å². The normalized spacial score (nSPS) is 14.5. The minimum Gasteiger partial charge on any atom is -0.405 e. The van der Waals surface area contributed by atoms with Crippen LogP contribution < -0.4 is 15.3 Å². The fourth-order valence-corrected chi connectivity index (χ4v) is 2.25. The molecule has 0 radical (unpaired) electrons. The predicted octanol–water partition coefficient (Wildman–Crippen LogP) is 1.92. The highest BCUT2D eigenvalue weighted by atomic mass is 19.4. The first-order chi connectivity index (χ1) is 11.3. The minimum atomic E-state index is -4.89. The summed E-state index contributed by atoms with van der Waals surface area (Å²) in [5.41, 5.74) is -0.755. The maximum Gasteiger partial charge on any atom is 0.573 e. The van der Waals surface area contributed by atoms with Gasteiger partial charge in [-0.05, 0) is 29.8 Å². The van der Waals surface area contributed by atoms with Crippen molar-refractivity contribution in [1.29, 1.82) is 0 Å². The van der Waals surface area contributed by atoms with Crippen LogP contribution in [0.2, 0.25) is 0 Å². The summed E-state index contributed by atoms with van der Waals surface area (Å²) in [7, 11) is 0. The number of hydrogen-bond acceptors (Lipinski definition) is 5. The Morgan fingerprint density at radius 2 is 1.96 bits per heavy atom. The Bertz CT molecular complexity index is 837. The second-order valence-electron chi connectivity index (χ2n) is 5.21. The van der Waals surface area contributed by atoms with Gasteiger partial charge in [-0.1, -0.05) is 12.1 Å². The standard InChI is InChI=1S/C14H12F3N3O4/c1-8(21)24-20-13(22)19(9-6-7-9)12(18-20)10-4-2-3-5-11(10)23-14(15,16)17/h2-5,9H,6-7H2,1H3. The first kappa shape index (κ1) is 16.1. The number of para-hydroxylation sites is 1. The van der Waals surface area contributed by atoms with Gasteiger partial charge in [0, 0.05) is 13.0 Å². The SMILES string of the molecule is CC(=O)On1nc(-c2ccccc2OC(F)(F)F)n(C2CC2)c1=O. The third-order valence-corrected chi connectivity index (χ3v) is 3.26. The zero-order chi connectivity index (χ0) is 17.5. The van der Waals surface area contributed by atoms with E-state index in [-0.39, 0.29) is 17.4 Å². The molecule has 1 aromatic carbocycles. The summed E-state index contributed by atoms with van der Waals surface area (Å²) in [6, 6.07) is 5.13. The Morgan fingerprint density at radius 3 is 2.54 bits per heavy atom. The summed E-state index contributed by atoms with van der Waals surface area (Å²) in [5.74, 6) is -1.32. The molecule has 1 saturated carbocycles. The van der Waals surface area contributed by atoms with Gasteiger partial charge in [0.15, 0.2) is 5.82 Å². The molecule has 24 heavy (non-hydrogen) atoms. The van der Waals surface area contributed by atoms with Crippen LogP contribution >= 0.6 is 0 Å². The van der Waals surface area contributed by atoms with Crippen molar-refractivity contribution in [2.45, 2.75) is 32.2 Å². The predicted molar refractivity (Wildman–Crippen MR) is 74.1 cm³/mol. The molecular formula is C14H12F3N3O4. The van der Waals surface area contributed by atoms with E-state index in [9.17, 15) is 22.8 Å². The second-order valence-corrected chi connectivity index (χ2v) is 5.21. The van der Waals surface area contributed by atoms with E-state index in [0.717, 1.165) is 13.0 Å². The fraction of sp³-hybridized carbons (Fsp3) is 0.357. The molecule has 0 unspecified atom stereocenters. The molecule has 7 nitrogen and oxygen atoms in total. The minimum absolute atomic E-state index is 0.0234. The maximum absolute atomic E-state index is 12.6. The first-order valence-electron chi connectivity index (χ1n) is 7.02. The topological polar surface area (TPSA) is 75.4 Å². The van der Waals surface area contributed by atoms with Crippen molar-refractivity contribution in [2.24, 2.45) is 0 Å². The van der Waals surface area contributed by atoms with Crippen LogP contribution in [0, 0.1) is 0 Å². The fourth-order valence-electron chi connectivity index (χ4n) is 2.25. The zero-order valence-electron chi connectivity index (χ0n) is 12.4. The monoisotopic (exact) mass is 343 g/mol. The van der Waals surface area contributed by atoms with Gasteiger partial charge >= 0.3 is 18.0 Å². The van der Waals surface area contributed by atoms with Crippen LogP contribution in [-0.4, -0.2) is 26.8 Å². The quantitative estimate of drug-likeness (QED) is 0.848. The lowest BCUT2D eigenvalue weighted by Gasteiger charge is -2.12. The Balaban J connectivity index is 2.13. The number of nitrogens with zero attached hydrogens (tertiary/aromatic N) is 3. The molecule has 0 atom stereocenters. The van der Waals surface area contributed by atoms with E-state index < -0.39 is 23.8 Å². The van der Waals surface area contributed by atoms with Gasteiger partial charge in [0.05, 0.1) is 5.56 Å². The summed E-state index contributed by atoms with van der Waals surface area (Å²) in [6.45, 7) is 1.09. The van der Waals surface area contributed by atoms with Gasteiger partial charge in [-0.15, -0.1) is 18.3 Å². The van der Waals surface area contributed by atoms with Gasteiger partial charge in [-0.2, -0.15) is 0 Å². The van der Waals surface area contributed by atoms with Gasteiger partial charge < -0.3 is 9.57 Å². The highest BCUT2D eigenvalue weighted by Gasteiger charge is 2.35. The smallest absolute Gasteiger partial charge is 0.405 e. The van der Waals surface area contributed by atoms with Crippen LogP contribution in [0.4, 0.5) is 13.2 Å². The third-order valence-electron chi connectivity index (χ3n) is 3.26. The number of carbonyl (C=O) groups is 1. The largest absolute Gasteiger partial charge is 0.573 e. The second kappa shape index (κ2) is 5.69. The molecule has 128 valence electrons. The lowest BCUT2D eigenvalue weighted by Crippen LogP contribution is -2.31. The van der Waals surface area contributed by atoms with Crippen molar-refractivity contribution >= 4 is 5.97 Å². The van der Waals surface area contributed by atoms with Crippen LogP contribution in [0.5, 0.6) is 5.75 Å². The molecule has 0 aliphatic heterocycles. The van der Waals surface area contributed by atoms with Gasteiger partial charge in [0.25, 0.3) is 0 Å². The van der Waals surface area contributed by atoms with Crippen molar-refractivity contribution in [2.75, 3.05) is 0 Å². The molecule has 0 amide bonds. The van der Waals surface area contributed by atoms with Crippen LogP contribution in [0.25, 0.3) is 11.4 Å². The molecule has 1 aliphatic carbocycles. The van der Waals surface area contributed by atoms with Crippen LogP contribution in [0.15, 0.2) is 29.1 Å². The number of carbonyl (C=O) groups excluding carboxylic acids is 1. The lowest BCUT2D eigenvalue weighted by atomic mass is 10.2. The van der Waals surface area contributed by atoms with Crippen molar-refractivity contribution < 1.29 is 27.5 Å². The average Bonchev–Trinajstić information content (AvgIpc) is 3.24. The van der Waals surface area contributed by atoms with E-state index in [4.69, 9.17) is 0 Å². The summed E-state index contributed by atoms with van der Waals surface area (Å²) >= 11 is 0. The average molecular weight is 343 g/mol. The van der Waals surface area contributed by atoms with Gasteiger partial charge in [0.2, 0.25) is 0 Å². The van der Waals surface area contributed by atoms with Gasteiger partial charge in [-0.3, -0.25) is 4.57 Å². The molecule has 0 saturated heterocycles. The molecule has 2 aromatic rings. The lowest BCUT2D eigenvalue weighted by molar-refractivity contribution is -0.274. The summed E-state index contributed by atoms with van der Waals surface area (Å²) < 4.78 is 42.9. The number of halogens is 3. The molecule has 0 bridgehead atoms. The van der Waals surface area contributed by atoms with Crippen molar-refractivity contribution in [3.05, 3.63) is 34.7 Å². The molecule has 1 aliphatic rings. The number of alkyl halides is 3. The van der Waals surface area contributed by atoms with Crippen molar-refractivity contribution in [1.82, 2.24) is 14.5 Å². The summed E-state index contributed by atoms with van der Waals surface area (Å²) in [4.78, 5) is 28.5. The Hall–Kier alpha value is -2.78. The number of hydrogen-bond donors (Lipinski definition) is 0. The molecule has 1 fully saturated rings. The number of rotatable bonds is 4. The van der Waals surface area contributed by atoms with Crippen molar-refractivity contribution in [3.8, 4) is 17.1 Å². The van der Waals surface area contributed by atoms with E-state index in [2.05, 4.69) is 14.7 Å². The van der Waals surface area contributed by atoms with E-state index in [0.29, 0.717) is 17.7 Å². The van der Waals surface area contributed by atoms with Crippen LogP contribution in [0.3, 0.4) is 0 Å². The highest BCUT2D eigenvalue weighted by Crippen LogP contribution is 2.39. The van der Waals surface area contributed by atoms with Crippen LogP contribution in [-0.2, 0) is 4.79 Å². The molecular weight excluding hydrogens is 331 g/mol. The Morgan fingerprint density at radius 1 is 1.29 bits per heavy atom. The molecule has 0 N–H and O–H groups in total. The highest BCUT2D eigenvalue weighted by molar-refractivity contribution is 5.66. The molecule has 0 spiro atoms.